The predicted molar refractivity (Wildman–Crippen MR) is 153 cm³/mol. The number of hydrogen-bond donors (Lipinski definition) is 4. The molecule has 0 amide bonds. The number of fused-ring (bicyclic) bond motifs is 5. The van der Waals surface area contributed by atoms with Gasteiger partial charge in [-0.05, 0) is 57.2 Å². The van der Waals surface area contributed by atoms with Crippen molar-refractivity contribution < 1.29 is 37.7 Å². The first-order valence-electron chi connectivity index (χ1n) is 13.4. The number of halogens is 3. The summed E-state index contributed by atoms with van der Waals surface area (Å²) in [6.45, 7) is 4.65. The number of nitrogens with one attached hydrogen (secondary N) is 1. The normalized spacial score (nSPS) is 17.0. The number of carbonyl (C=O) groups excluding carboxylic acids is 1. The number of rotatable bonds is 3. The zero-order chi connectivity index (χ0) is 32.2. The average Bonchev–Trinajstić information content (AvgIpc) is 3.45. The molecule has 2 aromatic carbocycles. The molecule has 0 radical (unpaired) electrons. The molecule has 0 saturated carbocycles. The molecule has 0 saturated heterocycles. The van der Waals surface area contributed by atoms with Crippen molar-refractivity contribution in [1.29, 1.82) is 0 Å². The number of allylic oxidation sites excluding steroid dienone is 1. The number of nitrogen functional groups attached to an aromatic ring is 1. The van der Waals surface area contributed by atoms with Gasteiger partial charge in [0.15, 0.2) is 11.4 Å². The van der Waals surface area contributed by atoms with Crippen molar-refractivity contribution in [2.24, 2.45) is 0 Å². The number of ether oxygens (including phenoxy) is 2. The number of aromatic nitrogens is 5. The average molecular weight is 619 g/mol. The Morgan fingerprint density at radius 1 is 1.02 bits per heavy atom. The monoisotopic (exact) mass is 618 g/mol. The minimum absolute atomic E-state index is 0.000631. The molecule has 1 aliphatic heterocycles. The maximum atomic E-state index is 14.3. The zero-order valence-corrected chi connectivity index (χ0v) is 23.6. The summed E-state index contributed by atoms with van der Waals surface area (Å²) in [4.78, 5) is 37.6. The number of alkyl halides is 3. The van der Waals surface area contributed by atoms with Gasteiger partial charge in [-0.1, -0.05) is 0 Å². The van der Waals surface area contributed by atoms with E-state index in [4.69, 9.17) is 10.5 Å². The van der Waals surface area contributed by atoms with Gasteiger partial charge in [0.05, 0.1) is 44.8 Å². The first-order chi connectivity index (χ1) is 21.2. The number of Topliss-reactive ketones (excluding diaryl/α,β-unsaturated/α-hetero) is 1. The van der Waals surface area contributed by atoms with Crippen LogP contribution in [0, 0.1) is 13.8 Å². The molecule has 2 aliphatic rings. The third-order valence-corrected chi connectivity index (χ3v) is 8.05. The van der Waals surface area contributed by atoms with E-state index < -0.39 is 28.9 Å². The Morgan fingerprint density at radius 3 is 2.42 bits per heavy atom. The Morgan fingerprint density at radius 2 is 1.73 bits per heavy atom. The molecule has 1 aliphatic carbocycles. The molecule has 45 heavy (non-hydrogen) atoms. The van der Waals surface area contributed by atoms with E-state index >= 15 is 0 Å². The SMILES string of the molecule is Cc1nn(-c2ccc(OC(F)(F)F)cc2)c2c1C(=O)[C@@]1(C)C(=C2)Oc2c(-c3ccc4c(=O)[nH]c(N)nc4n3)c(O)c(C)c(O)c21. The molecule has 7 rings (SSSR count). The highest BCUT2D eigenvalue weighted by Gasteiger charge is 2.55. The quantitative estimate of drug-likeness (QED) is 0.224. The van der Waals surface area contributed by atoms with Crippen molar-refractivity contribution in [2.75, 3.05) is 5.73 Å². The second kappa shape index (κ2) is 9.07. The molecular formula is C30H21F3N6O6. The van der Waals surface area contributed by atoms with Crippen LogP contribution in [0.3, 0.4) is 0 Å². The van der Waals surface area contributed by atoms with Gasteiger partial charge in [0, 0.05) is 11.6 Å². The van der Waals surface area contributed by atoms with Crippen LogP contribution in [0.4, 0.5) is 19.1 Å². The number of aromatic amines is 1. The van der Waals surface area contributed by atoms with Gasteiger partial charge < -0.3 is 25.4 Å². The molecule has 0 spiro atoms. The van der Waals surface area contributed by atoms with E-state index in [1.54, 1.807) is 19.9 Å². The van der Waals surface area contributed by atoms with Crippen molar-refractivity contribution in [3.8, 4) is 39.9 Å². The number of aryl methyl sites for hydroxylation is 1. The Labute approximate surface area is 250 Å². The lowest BCUT2D eigenvalue weighted by Gasteiger charge is -2.27. The molecule has 12 nitrogen and oxygen atoms in total. The summed E-state index contributed by atoms with van der Waals surface area (Å²) in [6.07, 6.45) is -3.30. The van der Waals surface area contributed by atoms with E-state index in [0.717, 1.165) is 12.1 Å². The molecule has 15 heteroatoms. The number of pyridine rings is 1. The van der Waals surface area contributed by atoms with E-state index in [1.807, 2.05) is 0 Å². The lowest BCUT2D eigenvalue weighted by atomic mass is 9.71. The first kappa shape index (κ1) is 27.9. The number of nitrogens with two attached hydrogens (primary N) is 1. The van der Waals surface area contributed by atoms with Gasteiger partial charge >= 0.3 is 6.36 Å². The van der Waals surface area contributed by atoms with Crippen LogP contribution in [-0.4, -0.2) is 47.1 Å². The third kappa shape index (κ3) is 3.96. The van der Waals surface area contributed by atoms with Crippen LogP contribution in [0.15, 0.2) is 47.0 Å². The summed E-state index contributed by atoms with van der Waals surface area (Å²) in [5.41, 5.74) is 5.15. The van der Waals surface area contributed by atoms with Crippen LogP contribution >= 0.6 is 0 Å². The van der Waals surface area contributed by atoms with Crippen molar-refractivity contribution in [2.45, 2.75) is 32.5 Å². The maximum Gasteiger partial charge on any atom is 0.573 e. The topological polar surface area (TPSA) is 178 Å². The van der Waals surface area contributed by atoms with Crippen molar-refractivity contribution >= 4 is 28.8 Å². The standard InChI is InChI=1S/C30H21F3N6O6/c1-11-22(40)20(16-9-8-15-26(35-16)36-28(34)37-27(15)43)24-21(23(11)41)29(3)18(44-24)10-17-19(25(29)42)12(2)38-39(17)13-4-6-14(7-5-13)45-30(31,32)33/h4-10,40-41H,1-3H3,(H3,34,35,36,37,43)/t29-/m0/s1. The van der Waals surface area contributed by atoms with Gasteiger partial charge in [-0.2, -0.15) is 10.1 Å². The number of carbonyl (C=O) groups is 1. The fourth-order valence-electron chi connectivity index (χ4n) is 5.86. The van der Waals surface area contributed by atoms with Crippen LogP contribution in [0.2, 0.25) is 0 Å². The second-order valence-electron chi connectivity index (χ2n) is 10.8. The van der Waals surface area contributed by atoms with Gasteiger partial charge in [-0.3, -0.25) is 14.6 Å². The van der Waals surface area contributed by atoms with E-state index in [9.17, 15) is 33.0 Å². The first-order valence-corrected chi connectivity index (χ1v) is 13.4. The summed E-state index contributed by atoms with van der Waals surface area (Å²) in [6, 6.07) is 7.88. The number of hydrogen-bond acceptors (Lipinski definition) is 10. The number of anilines is 1. The molecule has 228 valence electrons. The lowest BCUT2D eigenvalue weighted by molar-refractivity contribution is -0.274. The zero-order valence-electron chi connectivity index (χ0n) is 23.6. The molecule has 0 fully saturated rings. The largest absolute Gasteiger partial charge is 0.573 e. The number of nitrogens with zero attached hydrogens (tertiary/aromatic N) is 4. The number of phenols is 2. The van der Waals surface area contributed by atoms with E-state index in [1.165, 1.54) is 35.9 Å². The Kier molecular flexibility index (Phi) is 5.63. The Balaban J connectivity index is 1.40. The van der Waals surface area contributed by atoms with Crippen molar-refractivity contribution in [1.82, 2.24) is 24.7 Å². The number of benzene rings is 2. The highest BCUT2D eigenvalue weighted by molar-refractivity contribution is 6.14. The van der Waals surface area contributed by atoms with Crippen LogP contribution in [-0.2, 0) is 5.41 Å². The highest BCUT2D eigenvalue weighted by Crippen LogP contribution is 2.60. The van der Waals surface area contributed by atoms with Crippen LogP contribution in [0.1, 0.15) is 39.8 Å². The van der Waals surface area contributed by atoms with Crippen LogP contribution in [0.5, 0.6) is 23.0 Å². The summed E-state index contributed by atoms with van der Waals surface area (Å²) in [5, 5.41) is 27.2. The molecule has 0 unspecified atom stereocenters. The van der Waals surface area contributed by atoms with E-state index in [2.05, 4.69) is 24.8 Å². The molecule has 4 heterocycles. The van der Waals surface area contributed by atoms with E-state index in [0.29, 0.717) is 17.1 Å². The predicted octanol–water partition coefficient (Wildman–Crippen LogP) is 4.57. The number of phenolic OH excluding ortho intramolecular Hbond substituents is 2. The molecule has 1 atom stereocenters. The smallest absolute Gasteiger partial charge is 0.507 e. The molecule has 0 bridgehead atoms. The summed E-state index contributed by atoms with van der Waals surface area (Å²) in [7, 11) is 0. The highest BCUT2D eigenvalue weighted by atomic mass is 19.4. The minimum atomic E-state index is -4.86. The summed E-state index contributed by atoms with van der Waals surface area (Å²) < 4.78 is 49.6. The van der Waals surface area contributed by atoms with Crippen molar-refractivity contribution in [3.63, 3.8) is 0 Å². The Bertz CT molecular complexity index is 2220. The van der Waals surface area contributed by atoms with Gasteiger partial charge in [0.2, 0.25) is 5.95 Å². The van der Waals surface area contributed by atoms with Crippen LogP contribution in [0.25, 0.3) is 34.1 Å². The summed E-state index contributed by atoms with van der Waals surface area (Å²) in [5.74, 6) is -1.71. The fourth-order valence-corrected chi connectivity index (χ4v) is 5.86. The van der Waals surface area contributed by atoms with Gasteiger partial charge in [-0.15, -0.1) is 13.2 Å². The number of H-pyrrole nitrogens is 1. The van der Waals surface area contributed by atoms with Crippen LogP contribution < -0.4 is 20.8 Å². The van der Waals surface area contributed by atoms with E-state index in [-0.39, 0.29) is 67.9 Å². The maximum absolute atomic E-state index is 14.3. The second-order valence-corrected chi connectivity index (χ2v) is 10.8. The van der Waals surface area contributed by atoms with Gasteiger partial charge in [0.25, 0.3) is 5.56 Å². The lowest BCUT2D eigenvalue weighted by Crippen LogP contribution is -2.36. The number of aromatic hydroxyl groups is 2. The minimum Gasteiger partial charge on any atom is -0.507 e. The molecule has 5 aromatic rings. The number of ketones is 1. The van der Waals surface area contributed by atoms with Gasteiger partial charge in [-0.25, -0.2) is 9.67 Å². The van der Waals surface area contributed by atoms with Crippen molar-refractivity contribution in [3.05, 3.63) is 80.6 Å². The third-order valence-electron chi connectivity index (χ3n) is 8.05. The molecular weight excluding hydrogens is 597 g/mol. The summed E-state index contributed by atoms with van der Waals surface area (Å²) >= 11 is 0. The van der Waals surface area contributed by atoms with Gasteiger partial charge in [0.1, 0.15) is 34.2 Å². The fraction of sp³-hybridized carbons (Fsp3) is 0.167. The molecule has 5 N–H and O–H groups in total. The Hall–Kier alpha value is -5.86. The molecule has 3 aromatic heterocycles.